The van der Waals surface area contributed by atoms with E-state index in [4.69, 9.17) is 5.14 Å². The summed E-state index contributed by atoms with van der Waals surface area (Å²) in [6.07, 6.45) is 2.32. The Labute approximate surface area is 84.0 Å². The van der Waals surface area contributed by atoms with Crippen LogP contribution < -0.4 is 5.14 Å². The molecule has 0 aromatic carbocycles. The molecule has 6 heteroatoms. The fourth-order valence-electron chi connectivity index (χ4n) is 1.11. The molecule has 0 bridgehead atoms. The summed E-state index contributed by atoms with van der Waals surface area (Å²) in [6.45, 7) is 4.72. The molecule has 0 amide bonds. The molecule has 2 N–H and O–H groups in total. The minimum absolute atomic E-state index is 0.0816. The highest BCUT2D eigenvalue weighted by Crippen LogP contribution is 2.08. The van der Waals surface area contributed by atoms with Crippen molar-refractivity contribution >= 4 is 10.0 Å². The quantitative estimate of drug-likeness (QED) is 0.801. The minimum Gasteiger partial charge on any atom is -0.253 e. The number of rotatable bonds is 4. The molecule has 0 spiro atoms. The summed E-state index contributed by atoms with van der Waals surface area (Å²) in [4.78, 5) is 0. The third-order valence-corrected chi connectivity index (χ3v) is 2.82. The van der Waals surface area contributed by atoms with Crippen LogP contribution in [0.15, 0.2) is 17.3 Å². The number of nitrogens with zero attached hydrogens (tertiary/aromatic N) is 2. The maximum Gasteiger partial charge on any atom is 0.255 e. The van der Waals surface area contributed by atoms with Gasteiger partial charge in [0.05, 0.1) is 6.20 Å². The van der Waals surface area contributed by atoms with Gasteiger partial charge in [-0.15, -0.1) is 0 Å². The summed E-state index contributed by atoms with van der Waals surface area (Å²) >= 11 is 0. The van der Waals surface area contributed by atoms with Crippen LogP contribution in [0.1, 0.15) is 20.3 Å². The van der Waals surface area contributed by atoms with Gasteiger partial charge in [0.15, 0.2) is 5.03 Å². The largest absolute Gasteiger partial charge is 0.255 e. The molecule has 0 saturated heterocycles. The van der Waals surface area contributed by atoms with Crippen LogP contribution >= 0.6 is 0 Å². The van der Waals surface area contributed by atoms with Gasteiger partial charge in [-0.05, 0) is 18.4 Å². The van der Waals surface area contributed by atoms with E-state index in [0.29, 0.717) is 12.5 Å². The molecular weight excluding hydrogens is 202 g/mol. The van der Waals surface area contributed by atoms with Crippen molar-refractivity contribution in [1.82, 2.24) is 9.78 Å². The Morgan fingerprint density at radius 1 is 1.57 bits per heavy atom. The molecule has 0 fully saturated rings. The third kappa shape index (κ3) is 2.81. The van der Waals surface area contributed by atoms with Crippen molar-refractivity contribution in [3.05, 3.63) is 12.3 Å². The zero-order valence-electron chi connectivity index (χ0n) is 8.34. The first kappa shape index (κ1) is 11.2. The standard InChI is InChI=1S/C8H15N3O2S/c1-7(2)4-6-11-8(3-5-10-11)14(9,12)13/h3,5,7H,4,6H2,1-2H3,(H2,9,12,13). The predicted molar refractivity (Wildman–Crippen MR) is 53.1 cm³/mol. The molecule has 0 atom stereocenters. The van der Waals surface area contributed by atoms with Gasteiger partial charge in [-0.3, -0.25) is 4.68 Å². The molecule has 0 aliphatic heterocycles. The minimum atomic E-state index is -3.64. The molecule has 14 heavy (non-hydrogen) atoms. The van der Waals surface area contributed by atoms with E-state index in [2.05, 4.69) is 18.9 Å². The summed E-state index contributed by atoms with van der Waals surface area (Å²) in [5.41, 5.74) is 0. The van der Waals surface area contributed by atoms with Crippen molar-refractivity contribution in [2.24, 2.45) is 11.1 Å². The Hall–Kier alpha value is -0.880. The highest BCUT2D eigenvalue weighted by molar-refractivity contribution is 7.89. The molecule has 1 aromatic heterocycles. The SMILES string of the molecule is CC(C)CCn1nccc1S(N)(=O)=O. The summed E-state index contributed by atoms with van der Waals surface area (Å²) < 4.78 is 23.6. The highest BCUT2D eigenvalue weighted by Gasteiger charge is 2.13. The van der Waals surface area contributed by atoms with Crippen LogP contribution in [0.5, 0.6) is 0 Å². The van der Waals surface area contributed by atoms with Crippen LogP contribution in [0.25, 0.3) is 0 Å². The monoisotopic (exact) mass is 217 g/mol. The van der Waals surface area contributed by atoms with Gasteiger partial charge < -0.3 is 0 Å². The summed E-state index contributed by atoms with van der Waals surface area (Å²) in [5.74, 6) is 0.507. The first-order valence-electron chi connectivity index (χ1n) is 4.46. The lowest BCUT2D eigenvalue weighted by Gasteiger charge is -2.07. The van der Waals surface area contributed by atoms with E-state index in [-0.39, 0.29) is 5.03 Å². The summed E-state index contributed by atoms with van der Waals surface area (Å²) in [6, 6.07) is 1.41. The van der Waals surface area contributed by atoms with Gasteiger partial charge in [0, 0.05) is 6.54 Å². The van der Waals surface area contributed by atoms with Gasteiger partial charge in [-0.25, -0.2) is 13.6 Å². The Balaban J connectivity index is 2.84. The van der Waals surface area contributed by atoms with Gasteiger partial charge >= 0.3 is 0 Å². The fraction of sp³-hybridized carbons (Fsp3) is 0.625. The lowest BCUT2D eigenvalue weighted by atomic mass is 10.1. The number of primary sulfonamides is 1. The fourth-order valence-corrected chi connectivity index (χ4v) is 1.79. The van der Waals surface area contributed by atoms with Crippen molar-refractivity contribution in [3.8, 4) is 0 Å². The Morgan fingerprint density at radius 2 is 2.21 bits per heavy atom. The van der Waals surface area contributed by atoms with Gasteiger partial charge in [0.25, 0.3) is 10.0 Å². The van der Waals surface area contributed by atoms with Crippen LogP contribution in [0, 0.1) is 5.92 Å². The van der Waals surface area contributed by atoms with Crippen LogP contribution in [0.4, 0.5) is 0 Å². The molecule has 80 valence electrons. The molecule has 0 unspecified atom stereocenters. The number of aryl methyl sites for hydroxylation is 1. The van der Waals surface area contributed by atoms with Crippen molar-refractivity contribution in [2.75, 3.05) is 0 Å². The van der Waals surface area contributed by atoms with E-state index in [0.717, 1.165) is 6.42 Å². The Bertz CT molecular complexity index is 394. The van der Waals surface area contributed by atoms with E-state index in [9.17, 15) is 8.42 Å². The second-order valence-electron chi connectivity index (χ2n) is 3.62. The lowest BCUT2D eigenvalue weighted by molar-refractivity contribution is 0.458. The molecule has 5 nitrogen and oxygen atoms in total. The highest BCUT2D eigenvalue weighted by atomic mass is 32.2. The van der Waals surface area contributed by atoms with Crippen LogP contribution in [-0.4, -0.2) is 18.2 Å². The van der Waals surface area contributed by atoms with Crippen molar-refractivity contribution < 1.29 is 8.42 Å². The second kappa shape index (κ2) is 4.10. The number of sulfonamides is 1. The Morgan fingerprint density at radius 3 is 2.71 bits per heavy atom. The molecule has 0 aliphatic rings. The molecule has 0 radical (unpaired) electrons. The van der Waals surface area contributed by atoms with Crippen molar-refractivity contribution in [3.63, 3.8) is 0 Å². The van der Waals surface area contributed by atoms with E-state index >= 15 is 0 Å². The first-order valence-corrected chi connectivity index (χ1v) is 6.00. The third-order valence-electron chi connectivity index (χ3n) is 1.89. The van der Waals surface area contributed by atoms with Gasteiger partial charge in [0.1, 0.15) is 0 Å². The molecule has 1 aromatic rings. The van der Waals surface area contributed by atoms with Crippen molar-refractivity contribution in [2.45, 2.75) is 31.8 Å². The summed E-state index contributed by atoms with van der Waals surface area (Å²) in [5, 5.41) is 9.01. The lowest BCUT2D eigenvalue weighted by Crippen LogP contribution is -2.18. The predicted octanol–water partition coefficient (Wildman–Crippen LogP) is 0.577. The average molecular weight is 217 g/mol. The van der Waals surface area contributed by atoms with Crippen LogP contribution in [0.2, 0.25) is 0 Å². The van der Waals surface area contributed by atoms with E-state index in [1.807, 2.05) is 0 Å². The van der Waals surface area contributed by atoms with Gasteiger partial charge in [0.2, 0.25) is 0 Å². The smallest absolute Gasteiger partial charge is 0.253 e. The normalized spacial score (nSPS) is 12.3. The number of hydrogen-bond donors (Lipinski definition) is 1. The van der Waals surface area contributed by atoms with Gasteiger partial charge in [-0.1, -0.05) is 13.8 Å². The molecule has 1 heterocycles. The average Bonchev–Trinajstić information content (AvgIpc) is 2.46. The maximum absolute atomic E-state index is 11.1. The van der Waals surface area contributed by atoms with E-state index < -0.39 is 10.0 Å². The van der Waals surface area contributed by atoms with Crippen LogP contribution in [0.3, 0.4) is 0 Å². The topological polar surface area (TPSA) is 78.0 Å². The van der Waals surface area contributed by atoms with Gasteiger partial charge in [-0.2, -0.15) is 5.10 Å². The Kier molecular flexibility index (Phi) is 3.28. The zero-order valence-corrected chi connectivity index (χ0v) is 9.16. The molecule has 0 aliphatic carbocycles. The van der Waals surface area contributed by atoms with E-state index in [1.54, 1.807) is 0 Å². The number of hydrogen-bond acceptors (Lipinski definition) is 3. The first-order chi connectivity index (χ1) is 6.41. The van der Waals surface area contributed by atoms with Crippen molar-refractivity contribution in [1.29, 1.82) is 0 Å². The summed E-state index contributed by atoms with van der Waals surface area (Å²) in [7, 11) is -3.64. The molecule has 0 saturated carbocycles. The zero-order chi connectivity index (χ0) is 10.8. The molecule has 1 rings (SSSR count). The van der Waals surface area contributed by atoms with Crippen LogP contribution in [-0.2, 0) is 16.6 Å². The maximum atomic E-state index is 11.1. The molecular formula is C8H15N3O2S. The number of aromatic nitrogens is 2. The number of nitrogens with two attached hydrogens (primary N) is 1. The van der Waals surface area contributed by atoms with E-state index in [1.165, 1.54) is 16.9 Å². The second-order valence-corrected chi connectivity index (χ2v) is 5.13.